The zero-order chi connectivity index (χ0) is 35.9. The van der Waals surface area contributed by atoms with Gasteiger partial charge < -0.3 is 9.80 Å². The number of benzene rings is 2. The van der Waals surface area contributed by atoms with Gasteiger partial charge >= 0.3 is 50.4 Å². The van der Waals surface area contributed by atoms with Crippen LogP contribution in [-0.4, -0.2) is 19.9 Å². The van der Waals surface area contributed by atoms with Gasteiger partial charge in [0.1, 0.15) is 0 Å². The van der Waals surface area contributed by atoms with Crippen LogP contribution in [0.4, 0.5) is 22.7 Å². The first kappa shape index (κ1) is 39.4. The molecule has 0 atom stereocenters. The summed E-state index contributed by atoms with van der Waals surface area (Å²) in [5.41, 5.74) is 13.2. The molecule has 8 nitrogen and oxygen atoms in total. The predicted molar refractivity (Wildman–Crippen MR) is 214 cm³/mol. The smallest absolute Gasteiger partial charge is 0.248 e. The number of anilines is 4. The second-order valence-electron chi connectivity index (χ2n) is 10.7. The fourth-order valence-electron chi connectivity index (χ4n) is 5.65. The summed E-state index contributed by atoms with van der Waals surface area (Å²) in [6.45, 7) is 0. The van der Waals surface area contributed by atoms with E-state index in [9.17, 15) is 0 Å². The topological polar surface area (TPSA) is 65.8 Å². The van der Waals surface area contributed by atoms with Gasteiger partial charge in [-0.15, -0.1) is 9.13 Å². The number of thiazole rings is 2. The molecule has 6 aromatic heterocycles. The molecule has 0 amide bonds. The van der Waals surface area contributed by atoms with Crippen molar-refractivity contribution in [1.29, 1.82) is 0 Å². The van der Waals surface area contributed by atoms with Crippen LogP contribution in [0.5, 0.6) is 0 Å². The molecule has 8 heterocycles. The summed E-state index contributed by atoms with van der Waals surface area (Å²) in [4.78, 5) is 24.2. The Balaban J connectivity index is 0.000000163. The van der Waals surface area contributed by atoms with Crippen molar-refractivity contribution in [3.05, 3.63) is 145 Å². The zero-order valence-electron chi connectivity index (χ0n) is 26.4. The molecule has 16 heteroatoms. The number of halogens is 2. The van der Waals surface area contributed by atoms with Gasteiger partial charge in [-0.1, -0.05) is 13.5 Å². The van der Waals surface area contributed by atoms with Crippen LogP contribution in [0.15, 0.2) is 143 Å². The first-order valence-corrected chi connectivity index (χ1v) is 21.3. The Morgan fingerprint density at radius 3 is 1.45 bits per heavy atom. The van der Waals surface area contributed by atoms with E-state index < -0.39 is 0 Å². The van der Waals surface area contributed by atoms with Crippen LogP contribution in [0.25, 0.3) is 32.1 Å². The summed E-state index contributed by atoms with van der Waals surface area (Å²) < 4.78 is 4.37. The van der Waals surface area contributed by atoms with E-state index in [2.05, 4.69) is 185 Å². The van der Waals surface area contributed by atoms with E-state index in [-0.39, 0.29) is 7.43 Å². The van der Waals surface area contributed by atoms with Gasteiger partial charge in [-0.3, -0.25) is 33.5 Å². The van der Waals surface area contributed by atoms with Gasteiger partial charge in [0, 0.05) is 71.8 Å². The standard InChI is InChI=1S/2C18H12N4S2.CH4.2ClH.2Cu/c2*1-4-13(21-11-23-17-15(21)6-2-8-19-17)10-14(5-1)22-12-24-18-16(22)7-3-9-20-18;;;;;/h2*1-12H;1H4;2*1H;;/q-2;+2;;;;2*+1/p-2. The summed E-state index contributed by atoms with van der Waals surface area (Å²) in [7, 11) is 8.40. The summed E-state index contributed by atoms with van der Waals surface area (Å²) in [5.74, 6) is 4.21. The molecule has 0 aliphatic carbocycles. The first-order chi connectivity index (χ1) is 25.8. The fourth-order valence-corrected chi connectivity index (χ4v) is 9.05. The molecule has 8 aromatic rings. The van der Waals surface area contributed by atoms with Crippen molar-refractivity contribution in [3.63, 3.8) is 0 Å². The number of hydrogen-bond acceptors (Lipinski definition) is 10. The Morgan fingerprint density at radius 1 is 0.528 bits per heavy atom. The maximum atomic E-state index is 4.43. The van der Waals surface area contributed by atoms with Crippen molar-refractivity contribution in [2.24, 2.45) is 0 Å². The van der Waals surface area contributed by atoms with Gasteiger partial charge in [-0.25, -0.2) is 9.97 Å². The third-order valence-electron chi connectivity index (χ3n) is 7.89. The molecule has 0 N–H and O–H groups in total. The largest absolute Gasteiger partial charge is 0.482 e. The van der Waals surface area contributed by atoms with Crippen LogP contribution in [0.3, 0.4) is 0 Å². The van der Waals surface area contributed by atoms with Crippen LogP contribution in [0.1, 0.15) is 7.43 Å². The number of nitrogens with zero attached hydrogens (tertiary/aromatic N) is 8. The Labute approximate surface area is 349 Å². The Hall–Kier alpha value is -3.26. The quantitative estimate of drug-likeness (QED) is 0.0983. The Morgan fingerprint density at radius 2 is 0.962 bits per heavy atom. The van der Waals surface area contributed by atoms with Crippen molar-refractivity contribution in [2.45, 2.75) is 17.5 Å². The van der Waals surface area contributed by atoms with Gasteiger partial charge in [0.05, 0.1) is 16.1 Å². The number of fused-ring (bicyclic) bond motifs is 4. The van der Waals surface area contributed by atoms with E-state index in [1.807, 2.05) is 49.1 Å². The Kier molecular flexibility index (Phi) is 14.0. The average molecular weight is 911 g/mol. The van der Waals surface area contributed by atoms with Crippen molar-refractivity contribution in [1.82, 2.24) is 19.9 Å². The molecule has 0 fully saturated rings. The van der Waals surface area contributed by atoms with Gasteiger partial charge in [-0.05, 0) is 83.3 Å². The number of pyridine rings is 4. The summed E-state index contributed by atoms with van der Waals surface area (Å²) in [6.07, 6.45) is 7.33. The molecule has 0 radical (unpaired) electrons. The van der Waals surface area contributed by atoms with E-state index in [0.717, 1.165) is 64.9 Å². The second-order valence-corrected chi connectivity index (χ2v) is 14.1. The van der Waals surface area contributed by atoms with Gasteiger partial charge in [0.25, 0.3) is 0 Å². The summed E-state index contributed by atoms with van der Waals surface area (Å²) in [6, 6.07) is 33.3. The third kappa shape index (κ3) is 8.38. The van der Waals surface area contributed by atoms with Crippen LogP contribution in [0.2, 0.25) is 0 Å². The summed E-state index contributed by atoms with van der Waals surface area (Å²) >= 11 is 13.9. The number of hydrogen-bond donors (Lipinski definition) is 0. The molecule has 0 spiro atoms. The van der Waals surface area contributed by atoms with Gasteiger partial charge in [-0.2, -0.15) is 11.8 Å². The predicted octanol–water partition coefficient (Wildman–Crippen LogP) is 10.7. The van der Waals surface area contributed by atoms with Crippen molar-refractivity contribution in [3.8, 4) is 11.4 Å². The van der Waals surface area contributed by atoms with Crippen LogP contribution < -0.4 is 18.9 Å². The molecular formula is C37H28Cl2Cu2N8S4. The minimum absolute atomic E-state index is 0. The van der Waals surface area contributed by atoms with E-state index in [4.69, 9.17) is 0 Å². The molecular weight excluding hydrogens is 883 g/mol. The molecule has 0 saturated carbocycles. The van der Waals surface area contributed by atoms with Crippen LogP contribution in [-0.2, 0) is 30.2 Å². The Bertz CT molecular complexity index is 2290. The fraction of sp³-hybridized carbons (Fsp3) is 0.0270. The molecule has 0 unspecified atom stereocenters. The van der Waals surface area contributed by atoms with E-state index in [1.54, 1.807) is 46.2 Å². The maximum absolute atomic E-state index is 4.43. The third-order valence-corrected chi connectivity index (χ3v) is 11.3. The normalized spacial score (nSPS) is 12.4. The molecule has 53 heavy (non-hydrogen) atoms. The van der Waals surface area contributed by atoms with Crippen LogP contribution >= 0.6 is 66.4 Å². The first-order valence-electron chi connectivity index (χ1n) is 15.2. The van der Waals surface area contributed by atoms with Gasteiger partial charge in [0.2, 0.25) is 33.4 Å². The van der Waals surface area contributed by atoms with Crippen molar-refractivity contribution >= 4 is 110 Å². The number of rotatable bonds is 4. The molecule has 2 aromatic carbocycles. The number of aromatic nitrogens is 6. The van der Waals surface area contributed by atoms with E-state index >= 15 is 0 Å². The van der Waals surface area contributed by atoms with Crippen molar-refractivity contribution < 1.29 is 39.3 Å². The van der Waals surface area contributed by atoms with E-state index in [1.165, 1.54) is 0 Å². The minimum atomic E-state index is 0. The molecule has 276 valence electrons. The molecule has 10 rings (SSSR count). The average Bonchev–Trinajstić information content (AvgIpc) is 4.04. The molecule has 2 aliphatic rings. The zero-order valence-corrected chi connectivity index (χ0v) is 33.1. The molecule has 0 bridgehead atoms. The maximum Gasteiger partial charge on any atom is 0.248 e. The SMILES string of the molecule is C.[Cl][Cu].[Cl][Cu].c1cc(-[n+]2csc3ncccc32)cc(-[n+]2csc3ncccc32)c1.c1cc(N2[CH-]Sc3ncccc32)cc(N2[CH-]Sc3ncccc32)c1. The van der Waals surface area contributed by atoms with Crippen LogP contribution in [0, 0.1) is 11.8 Å². The minimum Gasteiger partial charge on any atom is -0.482 e. The molecule has 0 saturated heterocycles. The second kappa shape index (κ2) is 18.9. The van der Waals surface area contributed by atoms with Crippen molar-refractivity contribution in [2.75, 3.05) is 9.80 Å². The molecule has 2 aliphatic heterocycles. The number of thioether (sulfide) groups is 2. The summed E-state index contributed by atoms with van der Waals surface area (Å²) in [5, 5.41) is 2.08. The van der Waals surface area contributed by atoms with Gasteiger partial charge in [0.15, 0.2) is 9.66 Å². The van der Waals surface area contributed by atoms with E-state index in [0.29, 0.717) is 0 Å². The monoisotopic (exact) mass is 908 g/mol.